The van der Waals surface area contributed by atoms with Crippen LogP contribution >= 0.6 is 0 Å². The maximum Gasteiger partial charge on any atom is 0.257 e. The minimum absolute atomic E-state index is 0.0425. The highest BCUT2D eigenvalue weighted by atomic mass is 16.5. The van der Waals surface area contributed by atoms with Crippen molar-refractivity contribution in [2.75, 3.05) is 25.5 Å². The van der Waals surface area contributed by atoms with Gasteiger partial charge in [-0.15, -0.1) is 0 Å². The fourth-order valence-electron chi connectivity index (χ4n) is 1.68. The van der Waals surface area contributed by atoms with E-state index in [4.69, 9.17) is 4.74 Å². The molecule has 1 aromatic rings. The molecule has 1 aliphatic heterocycles. The fourth-order valence-corrected chi connectivity index (χ4v) is 1.68. The lowest BCUT2D eigenvalue weighted by molar-refractivity contribution is -0.122. The monoisotopic (exact) mass is 218 g/mol. The molecule has 0 aromatic heterocycles. The molecule has 1 aliphatic rings. The average Bonchev–Trinajstić information content (AvgIpc) is 2.35. The van der Waals surface area contributed by atoms with Gasteiger partial charge in [0, 0.05) is 25.2 Å². The van der Waals surface area contributed by atoms with Crippen LogP contribution in [0.15, 0.2) is 6.07 Å². The number of nitrogens with one attached hydrogen (secondary N) is 2. The zero-order valence-electron chi connectivity index (χ0n) is 9.22. The Morgan fingerprint density at radius 2 is 2.56 bits per heavy atom. The highest BCUT2D eigenvalue weighted by molar-refractivity contribution is 5.77. The second-order valence-electron chi connectivity index (χ2n) is 3.62. The standard InChI is InChI=1S/C12H14N2O2/c1-13-12(15)8-16-11-6-2-5-10-9(11)4-3-7-14-10/h6,14H,3-4,7-8H2,1H3,(H,13,15). The number of carbonyl (C=O) groups excluding carboxylic acids is 1. The lowest BCUT2D eigenvalue weighted by atomic mass is 10.0. The molecule has 0 bridgehead atoms. The lowest BCUT2D eigenvalue weighted by Crippen LogP contribution is -2.25. The van der Waals surface area contributed by atoms with Crippen LogP contribution in [0.2, 0.25) is 0 Å². The molecule has 0 saturated carbocycles. The van der Waals surface area contributed by atoms with Crippen LogP contribution in [0.1, 0.15) is 12.0 Å². The van der Waals surface area contributed by atoms with Crippen molar-refractivity contribution in [1.29, 1.82) is 0 Å². The Labute approximate surface area is 95.0 Å². The van der Waals surface area contributed by atoms with Gasteiger partial charge in [-0.1, -0.05) is 6.07 Å². The molecular formula is C12H14N2O2. The number of likely N-dealkylation sites (N-methyl/N-ethyl adjacent to an activating group) is 1. The third-order valence-electron chi connectivity index (χ3n) is 2.54. The maximum atomic E-state index is 11.1. The molecule has 4 nitrogen and oxygen atoms in total. The van der Waals surface area contributed by atoms with Gasteiger partial charge in [0.1, 0.15) is 5.75 Å². The second kappa shape index (κ2) is 4.75. The van der Waals surface area contributed by atoms with E-state index >= 15 is 0 Å². The summed E-state index contributed by atoms with van der Waals surface area (Å²) in [5.41, 5.74) is 2.04. The van der Waals surface area contributed by atoms with Crippen molar-refractivity contribution in [3.8, 4) is 5.75 Å². The van der Waals surface area contributed by atoms with Crippen LogP contribution in [-0.2, 0) is 11.2 Å². The normalized spacial score (nSPS) is 13.1. The Kier molecular flexibility index (Phi) is 3.16. The molecule has 2 N–H and O–H groups in total. The van der Waals surface area contributed by atoms with E-state index in [1.807, 2.05) is 0 Å². The second-order valence-corrected chi connectivity index (χ2v) is 3.62. The minimum Gasteiger partial charge on any atom is -0.483 e. The molecule has 4 heteroatoms. The Morgan fingerprint density at radius 3 is 3.38 bits per heavy atom. The van der Waals surface area contributed by atoms with Crippen molar-refractivity contribution in [3.05, 3.63) is 23.8 Å². The molecule has 0 saturated heterocycles. The van der Waals surface area contributed by atoms with Gasteiger partial charge >= 0.3 is 0 Å². The van der Waals surface area contributed by atoms with Gasteiger partial charge in [0.05, 0.1) is 5.69 Å². The predicted octanol–water partition coefficient (Wildman–Crippen LogP) is 0.770. The van der Waals surface area contributed by atoms with Crippen molar-refractivity contribution in [1.82, 2.24) is 5.32 Å². The lowest BCUT2D eigenvalue weighted by Gasteiger charge is -2.18. The number of fused-ring (bicyclic) bond motifs is 1. The molecule has 84 valence electrons. The summed E-state index contributed by atoms with van der Waals surface area (Å²) in [6.45, 7) is 0.997. The van der Waals surface area contributed by atoms with E-state index in [2.05, 4.69) is 22.8 Å². The molecule has 1 heterocycles. The quantitative estimate of drug-likeness (QED) is 0.788. The summed E-state index contributed by atoms with van der Waals surface area (Å²) in [7, 11) is 1.59. The van der Waals surface area contributed by atoms with Gasteiger partial charge in [0.2, 0.25) is 0 Å². The zero-order valence-corrected chi connectivity index (χ0v) is 9.22. The van der Waals surface area contributed by atoms with Gasteiger partial charge in [0.25, 0.3) is 5.91 Å². The molecule has 0 fully saturated rings. The first kappa shape index (κ1) is 10.6. The van der Waals surface area contributed by atoms with Gasteiger partial charge in [-0.05, 0) is 18.9 Å². The Bertz CT molecular complexity index is 391. The van der Waals surface area contributed by atoms with E-state index in [1.165, 1.54) is 0 Å². The van der Waals surface area contributed by atoms with Crippen LogP contribution in [0.25, 0.3) is 0 Å². The molecule has 0 atom stereocenters. The van der Waals surface area contributed by atoms with E-state index in [9.17, 15) is 4.79 Å². The average molecular weight is 218 g/mol. The van der Waals surface area contributed by atoms with E-state index in [0.29, 0.717) is 0 Å². The molecule has 0 unspecified atom stereocenters. The SMILES string of the molecule is CNC(=O)COc1cc#cc2c1CCCN2. The summed E-state index contributed by atoms with van der Waals surface area (Å²) in [5.74, 6) is 0.593. The molecule has 0 radical (unpaired) electrons. The van der Waals surface area contributed by atoms with E-state index in [-0.39, 0.29) is 12.5 Å². The number of hydrogen-bond donors (Lipinski definition) is 2. The topological polar surface area (TPSA) is 50.4 Å². The van der Waals surface area contributed by atoms with Gasteiger partial charge in [-0.25, -0.2) is 0 Å². The molecule has 1 aromatic carbocycles. The summed E-state index contributed by atoms with van der Waals surface area (Å²) in [6.07, 6.45) is 2.03. The number of hydrogen-bond acceptors (Lipinski definition) is 3. The molecule has 2 rings (SSSR count). The molecule has 0 spiro atoms. The van der Waals surface area contributed by atoms with Crippen LogP contribution < -0.4 is 15.4 Å². The summed E-state index contributed by atoms with van der Waals surface area (Å²) >= 11 is 0. The van der Waals surface area contributed by atoms with Crippen molar-refractivity contribution in [2.24, 2.45) is 0 Å². The molecule has 0 aliphatic carbocycles. The van der Waals surface area contributed by atoms with Crippen LogP contribution in [0, 0.1) is 12.1 Å². The van der Waals surface area contributed by atoms with Crippen molar-refractivity contribution in [3.63, 3.8) is 0 Å². The van der Waals surface area contributed by atoms with Crippen LogP contribution in [0.5, 0.6) is 5.75 Å². The third-order valence-corrected chi connectivity index (χ3v) is 2.54. The predicted molar refractivity (Wildman–Crippen MR) is 60.5 cm³/mol. The highest BCUT2D eigenvalue weighted by Gasteiger charge is 2.13. The van der Waals surface area contributed by atoms with Crippen LogP contribution in [0.4, 0.5) is 5.69 Å². The smallest absolute Gasteiger partial charge is 0.257 e. The molecule has 1 amide bonds. The number of ether oxygens (including phenoxy) is 1. The number of rotatable bonds is 3. The summed E-state index contributed by atoms with van der Waals surface area (Å²) in [6, 6.07) is 7.63. The van der Waals surface area contributed by atoms with Gasteiger partial charge in [-0.3, -0.25) is 4.79 Å². The molecule has 16 heavy (non-hydrogen) atoms. The summed E-state index contributed by atoms with van der Waals surface area (Å²) in [5, 5.41) is 5.75. The molecular weight excluding hydrogens is 204 g/mol. The Morgan fingerprint density at radius 1 is 1.69 bits per heavy atom. The third kappa shape index (κ3) is 2.19. The largest absolute Gasteiger partial charge is 0.483 e. The van der Waals surface area contributed by atoms with E-state index < -0.39 is 0 Å². The number of anilines is 1. The number of amides is 1. The zero-order chi connectivity index (χ0) is 11.4. The van der Waals surface area contributed by atoms with E-state index in [1.54, 1.807) is 13.1 Å². The Hall–Kier alpha value is -1.89. The van der Waals surface area contributed by atoms with Crippen LogP contribution in [0.3, 0.4) is 0 Å². The van der Waals surface area contributed by atoms with Crippen molar-refractivity contribution < 1.29 is 9.53 Å². The van der Waals surface area contributed by atoms with Gasteiger partial charge in [0.15, 0.2) is 6.61 Å². The highest BCUT2D eigenvalue weighted by Crippen LogP contribution is 2.28. The first-order valence-electron chi connectivity index (χ1n) is 5.33. The number of carbonyl (C=O) groups is 1. The first-order chi connectivity index (χ1) is 7.81. The van der Waals surface area contributed by atoms with Gasteiger partial charge in [-0.2, -0.15) is 0 Å². The fraction of sp³-hybridized carbons (Fsp3) is 0.417. The summed E-state index contributed by atoms with van der Waals surface area (Å²) in [4.78, 5) is 11.1. The van der Waals surface area contributed by atoms with Crippen molar-refractivity contribution in [2.45, 2.75) is 12.8 Å². The van der Waals surface area contributed by atoms with Crippen LogP contribution in [-0.4, -0.2) is 26.1 Å². The minimum atomic E-state index is -0.134. The summed E-state index contributed by atoms with van der Waals surface area (Å²) < 4.78 is 5.45. The first-order valence-corrected chi connectivity index (χ1v) is 5.33. The van der Waals surface area contributed by atoms with Gasteiger partial charge < -0.3 is 15.4 Å². The van der Waals surface area contributed by atoms with E-state index in [0.717, 1.165) is 36.4 Å². The van der Waals surface area contributed by atoms with Crippen molar-refractivity contribution >= 4 is 11.6 Å². The Balaban J connectivity index is 2.11. The maximum absolute atomic E-state index is 11.1.